The summed E-state index contributed by atoms with van der Waals surface area (Å²) in [6, 6.07) is 5.16. The number of carbonyl (C=O) groups is 3. The summed E-state index contributed by atoms with van der Waals surface area (Å²) in [4.78, 5) is 40.5. The molecule has 0 bridgehead atoms. The first-order valence-corrected chi connectivity index (χ1v) is 11.4. The minimum absolute atomic E-state index is 0.0154. The van der Waals surface area contributed by atoms with Crippen LogP contribution in [0.15, 0.2) is 24.3 Å². The van der Waals surface area contributed by atoms with Gasteiger partial charge in [0.2, 0.25) is 5.91 Å². The van der Waals surface area contributed by atoms with Gasteiger partial charge in [0.15, 0.2) is 0 Å². The molecule has 2 amide bonds. The Morgan fingerprint density at radius 2 is 1.85 bits per heavy atom. The Morgan fingerprint density at radius 3 is 2.44 bits per heavy atom. The summed E-state index contributed by atoms with van der Waals surface area (Å²) in [5.74, 6) is -1.76. The van der Waals surface area contributed by atoms with Crippen molar-refractivity contribution in [2.24, 2.45) is 5.73 Å². The van der Waals surface area contributed by atoms with Crippen LogP contribution in [-0.2, 0) is 15.7 Å². The fourth-order valence-electron chi connectivity index (χ4n) is 3.70. The maximum Gasteiger partial charge on any atom is 0.416 e. The number of benzene rings is 1. The van der Waals surface area contributed by atoms with Crippen molar-refractivity contribution in [3.05, 3.63) is 45.8 Å². The van der Waals surface area contributed by atoms with Gasteiger partial charge in [-0.3, -0.25) is 14.5 Å². The van der Waals surface area contributed by atoms with E-state index in [9.17, 15) is 27.6 Å². The first-order chi connectivity index (χ1) is 16.0. The number of carbonyl (C=O) groups excluding carboxylic acids is 3. The fourth-order valence-corrected chi connectivity index (χ4v) is 4.76. The van der Waals surface area contributed by atoms with Crippen molar-refractivity contribution in [1.82, 2.24) is 4.90 Å². The normalized spacial score (nSPS) is 14.7. The number of halogens is 3. The Morgan fingerprint density at radius 1 is 1.18 bits per heavy atom. The Kier molecular flexibility index (Phi) is 7.82. The van der Waals surface area contributed by atoms with Crippen LogP contribution in [0.1, 0.15) is 38.1 Å². The number of anilines is 2. The average Bonchev–Trinajstić information content (AvgIpc) is 3.09. The highest BCUT2D eigenvalue weighted by molar-refractivity contribution is 7.18. The summed E-state index contributed by atoms with van der Waals surface area (Å²) in [7, 11) is 0. The van der Waals surface area contributed by atoms with E-state index in [-0.39, 0.29) is 28.6 Å². The second kappa shape index (κ2) is 10.4. The van der Waals surface area contributed by atoms with Crippen LogP contribution < -0.4 is 16.0 Å². The predicted octanol–water partition coefficient (Wildman–Crippen LogP) is 3.11. The van der Waals surface area contributed by atoms with Gasteiger partial charge in [0.1, 0.15) is 5.00 Å². The van der Waals surface area contributed by atoms with Gasteiger partial charge in [0.25, 0.3) is 5.91 Å². The number of hydrogen-bond acceptors (Lipinski definition) is 7. The van der Waals surface area contributed by atoms with E-state index < -0.39 is 29.5 Å². The lowest BCUT2D eigenvalue weighted by Crippen LogP contribution is -2.48. The van der Waals surface area contributed by atoms with Gasteiger partial charge in [0.05, 0.1) is 29.2 Å². The molecule has 0 atom stereocenters. The van der Waals surface area contributed by atoms with Crippen molar-refractivity contribution < 1.29 is 32.3 Å². The van der Waals surface area contributed by atoms with Crippen molar-refractivity contribution in [2.45, 2.75) is 20.0 Å². The zero-order valence-electron chi connectivity index (χ0n) is 18.7. The van der Waals surface area contributed by atoms with E-state index >= 15 is 0 Å². The largest absolute Gasteiger partial charge is 0.462 e. The minimum atomic E-state index is -4.41. The number of thiophene rings is 1. The molecular formula is C22H25F3N4O4S. The lowest BCUT2D eigenvalue weighted by atomic mass is 10.1. The van der Waals surface area contributed by atoms with Crippen molar-refractivity contribution in [2.75, 3.05) is 49.5 Å². The molecule has 1 aromatic carbocycles. The maximum absolute atomic E-state index is 13.0. The van der Waals surface area contributed by atoms with Crippen molar-refractivity contribution in [1.29, 1.82) is 0 Å². The van der Waals surface area contributed by atoms with E-state index in [0.29, 0.717) is 37.4 Å². The molecule has 1 fully saturated rings. The SMILES string of the molecule is CCOC(=O)c1c(NC(=O)CN2CCN(c3cccc(C(F)(F)F)c3)CC2)sc(C(N)=O)c1C. The highest BCUT2D eigenvalue weighted by Gasteiger charge is 2.31. The Balaban J connectivity index is 1.63. The molecule has 3 rings (SSSR count). The molecule has 1 aromatic heterocycles. The molecule has 34 heavy (non-hydrogen) atoms. The van der Waals surface area contributed by atoms with Gasteiger partial charge < -0.3 is 20.7 Å². The van der Waals surface area contributed by atoms with Gasteiger partial charge in [-0.05, 0) is 37.6 Å². The van der Waals surface area contributed by atoms with Crippen LogP contribution in [0.2, 0.25) is 0 Å². The number of nitrogens with zero attached hydrogens (tertiary/aromatic N) is 2. The summed E-state index contributed by atoms with van der Waals surface area (Å²) < 4.78 is 44.0. The highest BCUT2D eigenvalue weighted by atomic mass is 32.1. The molecular weight excluding hydrogens is 473 g/mol. The van der Waals surface area contributed by atoms with Crippen LogP contribution in [0.3, 0.4) is 0 Å². The standard InChI is InChI=1S/C22H25F3N4O4S/c1-3-33-21(32)17-13(2)18(19(26)31)34-20(17)27-16(30)12-28-7-9-29(10-8-28)15-6-4-5-14(11-15)22(23,24)25/h4-6,11H,3,7-10,12H2,1-2H3,(H2,26,31)(H,27,30). The number of rotatable bonds is 7. The van der Waals surface area contributed by atoms with E-state index in [2.05, 4.69) is 5.32 Å². The summed E-state index contributed by atoms with van der Waals surface area (Å²) in [6.07, 6.45) is -4.41. The van der Waals surface area contributed by atoms with E-state index in [0.717, 1.165) is 23.5 Å². The first-order valence-electron chi connectivity index (χ1n) is 10.6. The van der Waals surface area contributed by atoms with E-state index in [1.54, 1.807) is 19.9 Å². The number of primary amides is 1. The van der Waals surface area contributed by atoms with Gasteiger partial charge in [-0.25, -0.2) is 4.79 Å². The number of nitrogens with two attached hydrogens (primary N) is 1. The molecule has 0 unspecified atom stereocenters. The second-order valence-electron chi connectivity index (χ2n) is 7.70. The number of nitrogens with one attached hydrogen (secondary N) is 1. The molecule has 12 heteroatoms. The van der Waals surface area contributed by atoms with Crippen molar-refractivity contribution in [3.63, 3.8) is 0 Å². The summed E-state index contributed by atoms with van der Waals surface area (Å²) in [6.45, 7) is 5.18. The minimum Gasteiger partial charge on any atom is -0.462 e. The highest BCUT2D eigenvalue weighted by Crippen LogP contribution is 2.34. The zero-order chi connectivity index (χ0) is 25.0. The molecule has 184 valence electrons. The van der Waals surface area contributed by atoms with Crippen LogP contribution in [0, 0.1) is 6.92 Å². The van der Waals surface area contributed by atoms with Crippen LogP contribution in [0.25, 0.3) is 0 Å². The number of ether oxygens (including phenoxy) is 1. The summed E-state index contributed by atoms with van der Waals surface area (Å²) in [5.41, 5.74) is 5.60. The van der Waals surface area contributed by atoms with Gasteiger partial charge in [-0.2, -0.15) is 13.2 Å². The third kappa shape index (κ3) is 5.86. The van der Waals surface area contributed by atoms with Crippen LogP contribution >= 0.6 is 11.3 Å². The third-order valence-corrected chi connectivity index (χ3v) is 6.60. The molecule has 8 nitrogen and oxygen atoms in total. The first kappa shape index (κ1) is 25.5. The molecule has 3 N–H and O–H groups in total. The van der Waals surface area contributed by atoms with Crippen LogP contribution in [0.4, 0.5) is 23.9 Å². The third-order valence-electron chi connectivity index (χ3n) is 5.38. The smallest absolute Gasteiger partial charge is 0.416 e. The average molecular weight is 499 g/mol. The van der Waals surface area contributed by atoms with Gasteiger partial charge in [-0.15, -0.1) is 11.3 Å². The van der Waals surface area contributed by atoms with Gasteiger partial charge in [0, 0.05) is 31.9 Å². The van der Waals surface area contributed by atoms with E-state index in [4.69, 9.17) is 10.5 Å². The van der Waals surface area contributed by atoms with Crippen LogP contribution in [-0.4, -0.2) is 62.0 Å². The molecule has 0 radical (unpaired) electrons. The topological polar surface area (TPSA) is 105 Å². The van der Waals surface area contributed by atoms with Gasteiger partial charge >= 0.3 is 12.1 Å². The zero-order valence-corrected chi connectivity index (χ0v) is 19.5. The molecule has 2 aromatic rings. The molecule has 1 saturated heterocycles. The molecule has 0 spiro atoms. The van der Waals surface area contributed by atoms with Crippen molar-refractivity contribution >= 4 is 39.8 Å². The Labute approximate surface area is 198 Å². The quantitative estimate of drug-likeness (QED) is 0.569. The monoisotopic (exact) mass is 498 g/mol. The molecule has 0 aliphatic carbocycles. The summed E-state index contributed by atoms with van der Waals surface area (Å²) >= 11 is 0.914. The number of piperazine rings is 1. The number of amides is 2. The van der Waals surface area contributed by atoms with E-state index in [1.807, 2.05) is 9.80 Å². The lowest BCUT2D eigenvalue weighted by molar-refractivity contribution is -0.137. The maximum atomic E-state index is 13.0. The Bertz CT molecular complexity index is 1080. The van der Waals surface area contributed by atoms with E-state index in [1.165, 1.54) is 6.07 Å². The number of esters is 1. The van der Waals surface area contributed by atoms with Gasteiger partial charge in [-0.1, -0.05) is 6.07 Å². The van der Waals surface area contributed by atoms with Crippen LogP contribution in [0.5, 0.6) is 0 Å². The molecule has 1 aliphatic rings. The fraction of sp³-hybridized carbons (Fsp3) is 0.409. The van der Waals surface area contributed by atoms with Crippen molar-refractivity contribution in [3.8, 4) is 0 Å². The lowest BCUT2D eigenvalue weighted by Gasteiger charge is -2.35. The number of hydrogen-bond donors (Lipinski definition) is 2. The second-order valence-corrected chi connectivity index (χ2v) is 8.73. The number of alkyl halides is 3. The summed E-state index contributed by atoms with van der Waals surface area (Å²) in [5, 5.41) is 2.86. The molecule has 1 aliphatic heterocycles. The predicted molar refractivity (Wildman–Crippen MR) is 122 cm³/mol. The molecule has 2 heterocycles. The molecule has 0 saturated carbocycles. The Hall–Kier alpha value is -3.12.